The molecule has 0 amide bonds. The number of esters is 1. The van der Waals surface area contributed by atoms with Crippen molar-refractivity contribution in [3.63, 3.8) is 0 Å². The van der Waals surface area contributed by atoms with Crippen LogP contribution in [0.4, 0.5) is 0 Å². The summed E-state index contributed by atoms with van der Waals surface area (Å²) in [6, 6.07) is 6.55. The molecule has 6 nitrogen and oxygen atoms in total. The first-order valence-electron chi connectivity index (χ1n) is 5.98. The minimum absolute atomic E-state index is 0.231. The molecule has 0 aliphatic carbocycles. The lowest BCUT2D eigenvalue weighted by atomic mass is 10.2. The molecule has 106 valence electrons. The Labute approximate surface area is 116 Å². The van der Waals surface area contributed by atoms with Gasteiger partial charge in [0.15, 0.2) is 5.78 Å². The minimum atomic E-state index is -0.579. The first-order valence-corrected chi connectivity index (χ1v) is 5.98. The van der Waals surface area contributed by atoms with Gasteiger partial charge in [-0.2, -0.15) is 5.26 Å². The number of nitriles is 1. The second kappa shape index (κ2) is 7.79. The van der Waals surface area contributed by atoms with Gasteiger partial charge in [0.05, 0.1) is 25.3 Å². The smallest absolute Gasteiger partial charge is 0.313 e. The van der Waals surface area contributed by atoms with Gasteiger partial charge in [0.2, 0.25) is 0 Å². The van der Waals surface area contributed by atoms with Crippen molar-refractivity contribution in [1.82, 2.24) is 0 Å². The average molecular weight is 277 g/mol. The first kappa shape index (κ1) is 15.5. The summed E-state index contributed by atoms with van der Waals surface area (Å²) in [4.78, 5) is 22.6. The number of Topliss-reactive ketones (excluding diaryl/α,β-unsaturated/α-hetero) is 1. The van der Waals surface area contributed by atoms with Crippen LogP contribution in [0.3, 0.4) is 0 Å². The predicted molar refractivity (Wildman–Crippen MR) is 69.5 cm³/mol. The Hall–Kier alpha value is -2.55. The Bertz CT molecular complexity index is 533. The summed E-state index contributed by atoms with van der Waals surface area (Å²) in [6.07, 6.45) is -0.330. The van der Waals surface area contributed by atoms with E-state index in [-0.39, 0.29) is 19.6 Å². The van der Waals surface area contributed by atoms with Gasteiger partial charge in [0.25, 0.3) is 0 Å². The highest BCUT2D eigenvalue weighted by molar-refractivity contribution is 5.96. The Balaban J connectivity index is 2.59. The molecule has 0 aliphatic rings. The highest BCUT2D eigenvalue weighted by Gasteiger charge is 2.11. The summed E-state index contributed by atoms with van der Waals surface area (Å²) in [6.45, 7) is 1.63. The molecule has 6 heteroatoms. The summed E-state index contributed by atoms with van der Waals surface area (Å²) < 4.78 is 14.9. The number of benzene rings is 1. The third kappa shape index (κ3) is 4.98. The zero-order valence-corrected chi connectivity index (χ0v) is 11.3. The van der Waals surface area contributed by atoms with Gasteiger partial charge in [0.1, 0.15) is 24.5 Å². The molecule has 0 radical (unpaired) electrons. The van der Waals surface area contributed by atoms with Crippen molar-refractivity contribution in [3.05, 3.63) is 23.8 Å². The number of hydrogen-bond donors (Lipinski definition) is 0. The van der Waals surface area contributed by atoms with Crippen molar-refractivity contribution in [3.8, 4) is 17.6 Å². The van der Waals surface area contributed by atoms with Crippen molar-refractivity contribution in [2.24, 2.45) is 0 Å². The van der Waals surface area contributed by atoms with Crippen LogP contribution in [0.15, 0.2) is 18.2 Å². The van der Waals surface area contributed by atoms with E-state index < -0.39 is 11.8 Å². The number of carbonyl (C=O) groups is 2. The molecule has 1 rings (SSSR count). The van der Waals surface area contributed by atoms with Crippen LogP contribution in [0.2, 0.25) is 0 Å². The third-order valence-electron chi connectivity index (χ3n) is 2.29. The fourth-order valence-corrected chi connectivity index (χ4v) is 1.43. The fraction of sp³-hybridized carbons (Fsp3) is 0.357. The number of nitrogens with zero attached hydrogens (tertiary/aromatic N) is 1. The SMILES string of the molecule is CCOC(=O)CC(=O)COc1cc(C#N)cc(OC)c1. The standard InChI is InChI=1S/C14H15NO5/c1-3-19-14(17)6-11(16)9-20-13-5-10(8-15)4-12(7-13)18-2/h4-5,7H,3,6,9H2,1-2H3. The van der Waals surface area contributed by atoms with E-state index in [9.17, 15) is 9.59 Å². The molecule has 0 N–H and O–H groups in total. The summed E-state index contributed by atoms with van der Waals surface area (Å²) in [5.41, 5.74) is 0.359. The number of methoxy groups -OCH3 is 1. The molecule has 20 heavy (non-hydrogen) atoms. The van der Waals surface area contributed by atoms with E-state index in [4.69, 9.17) is 14.7 Å². The van der Waals surface area contributed by atoms with Gasteiger partial charge >= 0.3 is 5.97 Å². The first-order chi connectivity index (χ1) is 9.58. The molecule has 1 aromatic rings. The third-order valence-corrected chi connectivity index (χ3v) is 2.29. The Morgan fingerprint density at radius 2 is 1.95 bits per heavy atom. The molecule has 0 heterocycles. The number of hydrogen-bond acceptors (Lipinski definition) is 6. The van der Waals surface area contributed by atoms with Crippen LogP contribution in [-0.2, 0) is 14.3 Å². The molecule has 0 bridgehead atoms. The van der Waals surface area contributed by atoms with Gasteiger partial charge in [-0.25, -0.2) is 0 Å². The van der Waals surface area contributed by atoms with Crippen LogP contribution in [0.25, 0.3) is 0 Å². The van der Waals surface area contributed by atoms with E-state index >= 15 is 0 Å². The maximum Gasteiger partial charge on any atom is 0.313 e. The zero-order chi connectivity index (χ0) is 15.0. The summed E-state index contributed by atoms with van der Waals surface area (Å²) >= 11 is 0. The second-order valence-corrected chi connectivity index (χ2v) is 3.82. The molecule has 1 aromatic carbocycles. The lowest BCUT2D eigenvalue weighted by Crippen LogP contribution is -2.17. The van der Waals surface area contributed by atoms with Crippen LogP contribution >= 0.6 is 0 Å². The maximum absolute atomic E-state index is 11.5. The van der Waals surface area contributed by atoms with Gasteiger partial charge in [0, 0.05) is 6.07 Å². The Morgan fingerprint density at radius 3 is 2.55 bits per heavy atom. The normalized spacial score (nSPS) is 9.45. The number of rotatable bonds is 7. The van der Waals surface area contributed by atoms with Crippen LogP contribution < -0.4 is 9.47 Å². The highest BCUT2D eigenvalue weighted by atomic mass is 16.5. The van der Waals surface area contributed by atoms with Crippen molar-refractivity contribution >= 4 is 11.8 Å². The van der Waals surface area contributed by atoms with Gasteiger partial charge in [-0.05, 0) is 19.1 Å². The van der Waals surface area contributed by atoms with Crippen LogP contribution in [-0.4, -0.2) is 32.1 Å². The molecular formula is C14H15NO5. The molecule has 0 unspecified atom stereocenters. The lowest BCUT2D eigenvalue weighted by molar-refractivity contribution is -0.145. The van der Waals surface area contributed by atoms with E-state index in [1.165, 1.54) is 13.2 Å². The minimum Gasteiger partial charge on any atom is -0.497 e. The highest BCUT2D eigenvalue weighted by Crippen LogP contribution is 2.22. The van der Waals surface area contributed by atoms with Crippen molar-refractivity contribution in [1.29, 1.82) is 5.26 Å². The van der Waals surface area contributed by atoms with E-state index in [0.29, 0.717) is 17.1 Å². The molecule has 0 saturated carbocycles. The maximum atomic E-state index is 11.5. The van der Waals surface area contributed by atoms with Gasteiger partial charge < -0.3 is 14.2 Å². The van der Waals surface area contributed by atoms with Crippen molar-refractivity contribution < 1.29 is 23.8 Å². The molecule has 0 atom stereocenters. The molecule has 0 aliphatic heterocycles. The summed E-state index contributed by atoms with van der Waals surface area (Å²) in [5, 5.41) is 8.85. The fourth-order valence-electron chi connectivity index (χ4n) is 1.43. The number of ether oxygens (including phenoxy) is 3. The van der Waals surface area contributed by atoms with E-state index in [2.05, 4.69) is 4.74 Å². The topological polar surface area (TPSA) is 85.6 Å². The van der Waals surface area contributed by atoms with Crippen LogP contribution in [0.5, 0.6) is 11.5 Å². The average Bonchev–Trinajstić information content (AvgIpc) is 2.44. The van der Waals surface area contributed by atoms with Gasteiger partial charge in [-0.1, -0.05) is 0 Å². The van der Waals surface area contributed by atoms with Gasteiger partial charge in [-0.15, -0.1) is 0 Å². The summed E-state index contributed by atoms with van der Waals surface area (Å²) in [7, 11) is 1.46. The number of carbonyl (C=O) groups excluding carboxylic acids is 2. The van der Waals surface area contributed by atoms with E-state index in [1.54, 1.807) is 19.1 Å². The Morgan fingerprint density at radius 1 is 1.25 bits per heavy atom. The molecule has 0 fully saturated rings. The molecule has 0 aromatic heterocycles. The predicted octanol–water partition coefficient (Wildman–Crippen LogP) is 1.47. The second-order valence-electron chi connectivity index (χ2n) is 3.82. The van der Waals surface area contributed by atoms with Crippen LogP contribution in [0.1, 0.15) is 18.9 Å². The molecular weight excluding hydrogens is 262 g/mol. The monoisotopic (exact) mass is 277 g/mol. The number of ketones is 1. The molecule has 0 spiro atoms. The Kier molecular flexibility index (Phi) is 6.04. The van der Waals surface area contributed by atoms with Crippen molar-refractivity contribution in [2.45, 2.75) is 13.3 Å². The largest absolute Gasteiger partial charge is 0.497 e. The lowest BCUT2D eigenvalue weighted by Gasteiger charge is -2.08. The van der Waals surface area contributed by atoms with Crippen LogP contribution in [0, 0.1) is 11.3 Å². The summed E-state index contributed by atoms with van der Waals surface area (Å²) in [5.74, 6) is -0.191. The van der Waals surface area contributed by atoms with Crippen molar-refractivity contribution in [2.75, 3.05) is 20.3 Å². The quantitative estimate of drug-likeness (QED) is 0.554. The zero-order valence-electron chi connectivity index (χ0n) is 11.3. The van der Waals surface area contributed by atoms with E-state index in [1.807, 2.05) is 6.07 Å². The molecule has 0 saturated heterocycles. The van der Waals surface area contributed by atoms with Gasteiger partial charge in [-0.3, -0.25) is 9.59 Å². The van der Waals surface area contributed by atoms with E-state index in [0.717, 1.165) is 0 Å².